The topological polar surface area (TPSA) is 57.5 Å². The zero-order valence-electron chi connectivity index (χ0n) is 6.90. The number of carboxylic acids is 1. The third-order valence-electron chi connectivity index (χ3n) is 2.16. The highest BCUT2D eigenvalue weighted by Gasteiger charge is 2.36. The van der Waals surface area contributed by atoms with Gasteiger partial charge < -0.3 is 10.2 Å². The van der Waals surface area contributed by atoms with Crippen LogP contribution in [0.3, 0.4) is 0 Å². The van der Waals surface area contributed by atoms with Crippen LogP contribution in [0.25, 0.3) is 0 Å². The smallest absolute Gasteiger partial charge is 0.307 e. The van der Waals surface area contributed by atoms with Gasteiger partial charge in [-0.25, -0.2) is 0 Å². The number of hydrogen-bond acceptors (Lipinski definition) is 3. The van der Waals surface area contributed by atoms with E-state index in [0.717, 1.165) is 25.0 Å². The highest BCUT2D eigenvalue weighted by molar-refractivity contribution is 8.00. The fourth-order valence-electron chi connectivity index (χ4n) is 1.25. The molecule has 1 saturated carbocycles. The van der Waals surface area contributed by atoms with Gasteiger partial charge in [0.05, 0.1) is 5.92 Å². The van der Waals surface area contributed by atoms with Gasteiger partial charge in [0.2, 0.25) is 0 Å². The number of carbonyl (C=O) groups is 1. The van der Waals surface area contributed by atoms with Crippen molar-refractivity contribution < 1.29 is 15.0 Å². The number of carboxylic acid groups (broad SMARTS) is 1. The number of thioether (sulfide) groups is 1. The van der Waals surface area contributed by atoms with Crippen molar-refractivity contribution in [3.63, 3.8) is 0 Å². The molecule has 3 nitrogen and oxygen atoms in total. The lowest BCUT2D eigenvalue weighted by atomic mass is 9.85. The van der Waals surface area contributed by atoms with Crippen LogP contribution >= 0.6 is 11.8 Å². The van der Waals surface area contributed by atoms with Gasteiger partial charge in [-0.3, -0.25) is 4.79 Å². The van der Waals surface area contributed by atoms with Crippen molar-refractivity contribution in [2.75, 3.05) is 12.4 Å². The molecule has 2 atom stereocenters. The zero-order valence-corrected chi connectivity index (χ0v) is 7.72. The van der Waals surface area contributed by atoms with Gasteiger partial charge in [-0.1, -0.05) is 0 Å². The average Bonchev–Trinajstić information content (AvgIpc) is 1.94. The Balaban J connectivity index is 2.12. The third kappa shape index (κ3) is 2.38. The van der Waals surface area contributed by atoms with Crippen molar-refractivity contribution in [1.29, 1.82) is 0 Å². The Hall–Kier alpha value is -0.220. The van der Waals surface area contributed by atoms with Gasteiger partial charge in [-0.15, -0.1) is 0 Å². The van der Waals surface area contributed by atoms with Crippen molar-refractivity contribution in [3.8, 4) is 0 Å². The highest BCUT2D eigenvalue weighted by Crippen LogP contribution is 2.37. The summed E-state index contributed by atoms with van der Waals surface area (Å²) in [7, 11) is 0. The Morgan fingerprint density at radius 2 is 2.25 bits per heavy atom. The molecule has 1 aliphatic carbocycles. The Bertz CT molecular complexity index is 160. The van der Waals surface area contributed by atoms with Gasteiger partial charge in [-0.2, -0.15) is 11.8 Å². The maximum Gasteiger partial charge on any atom is 0.307 e. The second-order valence-electron chi connectivity index (χ2n) is 3.01. The summed E-state index contributed by atoms with van der Waals surface area (Å²) >= 11 is 1.68. The summed E-state index contributed by atoms with van der Waals surface area (Å²) in [4.78, 5) is 10.6. The summed E-state index contributed by atoms with van der Waals surface area (Å²) < 4.78 is 0. The first-order chi connectivity index (χ1) is 5.75. The molecule has 0 aromatic carbocycles. The minimum Gasteiger partial charge on any atom is -0.481 e. The number of hydrogen-bond donors (Lipinski definition) is 2. The molecule has 1 rings (SSSR count). The number of aliphatic hydroxyl groups is 1. The molecular weight excluding hydrogens is 176 g/mol. The normalized spacial score (nSPS) is 28.1. The number of aliphatic carboxylic acids is 1. The Labute approximate surface area is 76.2 Å². The average molecular weight is 190 g/mol. The highest BCUT2D eigenvalue weighted by atomic mass is 32.2. The molecule has 2 N–H and O–H groups in total. The molecule has 0 amide bonds. The largest absolute Gasteiger partial charge is 0.481 e. The van der Waals surface area contributed by atoms with Crippen LogP contribution in [0.5, 0.6) is 0 Å². The molecule has 0 saturated heterocycles. The lowest BCUT2D eigenvalue weighted by Gasteiger charge is -2.32. The quantitative estimate of drug-likeness (QED) is 0.634. The van der Waals surface area contributed by atoms with E-state index >= 15 is 0 Å². The second-order valence-corrected chi connectivity index (χ2v) is 4.36. The zero-order chi connectivity index (χ0) is 8.97. The van der Waals surface area contributed by atoms with Crippen LogP contribution in [-0.4, -0.2) is 33.8 Å². The first-order valence-electron chi connectivity index (χ1n) is 4.21. The summed E-state index contributed by atoms with van der Waals surface area (Å²) in [6, 6.07) is 0. The van der Waals surface area contributed by atoms with Gasteiger partial charge in [0.15, 0.2) is 0 Å². The lowest BCUT2D eigenvalue weighted by molar-refractivity contribution is -0.144. The molecule has 70 valence electrons. The van der Waals surface area contributed by atoms with E-state index in [1.54, 1.807) is 11.8 Å². The van der Waals surface area contributed by atoms with Gasteiger partial charge in [0, 0.05) is 11.9 Å². The minimum atomic E-state index is -0.664. The Kier molecular flexibility index (Phi) is 3.88. The van der Waals surface area contributed by atoms with Crippen LogP contribution in [-0.2, 0) is 4.79 Å². The first kappa shape index (κ1) is 9.86. The SMILES string of the molecule is O=C(O)C1CCC1SCCCO. The van der Waals surface area contributed by atoms with Crippen LogP contribution in [0.2, 0.25) is 0 Å². The van der Waals surface area contributed by atoms with E-state index < -0.39 is 5.97 Å². The maximum atomic E-state index is 10.6. The van der Waals surface area contributed by atoms with E-state index in [1.165, 1.54) is 0 Å². The van der Waals surface area contributed by atoms with Gasteiger partial charge in [-0.05, 0) is 25.0 Å². The van der Waals surface area contributed by atoms with Gasteiger partial charge >= 0.3 is 5.97 Å². The fraction of sp³-hybridized carbons (Fsp3) is 0.875. The minimum absolute atomic E-state index is 0.131. The van der Waals surface area contributed by atoms with Gasteiger partial charge in [0.25, 0.3) is 0 Å². The molecule has 0 radical (unpaired) electrons. The van der Waals surface area contributed by atoms with Crippen molar-refractivity contribution in [2.45, 2.75) is 24.5 Å². The molecule has 0 spiro atoms. The summed E-state index contributed by atoms with van der Waals surface area (Å²) in [5.41, 5.74) is 0. The molecular formula is C8H14O3S. The number of rotatable bonds is 5. The molecule has 0 aromatic rings. The standard InChI is InChI=1S/C8H14O3S/c9-4-1-5-12-7-3-2-6(7)8(10)11/h6-7,9H,1-5H2,(H,10,11). The molecule has 12 heavy (non-hydrogen) atoms. The molecule has 1 aliphatic rings. The van der Waals surface area contributed by atoms with E-state index in [4.69, 9.17) is 10.2 Å². The summed E-state index contributed by atoms with van der Waals surface area (Å²) in [6.45, 7) is 0.206. The van der Waals surface area contributed by atoms with E-state index in [-0.39, 0.29) is 12.5 Å². The molecule has 0 aliphatic heterocycles. The van der Waals surface area contributed by atoms with E-state index in [1.807, 2.05) is 0 Å². The first-order valence-corrected chi connectivity index (χ1v) is 5.26. The van der Waals surface area contributed by atoms with Crippen LogP contribution in [0, 0.1) is 5.92 Å². The van der Waals surface area contributed by atoms with Crippen LogP contribution in [0.4, 0.5) is 0 Å². The Morgan fingerprint density at radius 3 is 2.67 bits per heavy atom. The van der Waals surface area contributed by atoms with E-state index in [0.29, 0.717) is 5.25 Å². The van der Waals surface area contributed by atoms with Crippen LogP contribution in [0.15, 0.2) is 0 Å². The van der Waals surface area contributed by atoms with Crippen molar-refractivity contribution in [2.24, 2.45) is 5.92 Å². The number of aliphatic hydroxyl groups excluding tert-OH is 1. The summed E-state index contributed by atoms with van der Waals surface area (Å²) in [6.07, 6.45) is 2.62. The summed E-state index contributed by atoms with van der Waals surface area (Å²) in [5, 5.41) is 17.5. The molecule has 1 fully saturated rings. The molecule has 0 heterocycles. The van der Waals surface area contributed by atoms with Gasteiger partial charge in [0.1, 0.15) is 0 Å². The predicted octanol–water partition coefficient (Wildman–Crippen LogP) is 0.965. The van der Waals surface area contributed by atoms with E-state index in [2.05, 4.69) is 0 Å². The third-order valence-corrected chi connectivity index (χ3v) is 3.68. The molecule has 0 bridgehead atoms. The van der Waals surface area contributed by atoms with E-state index in [9.17, 15) is 4.79 Å². The molecule has 0 aromatic heterocycles. The monoisotopic (exact) mass is 190 g/mol. The fourth-order valence-corrected chi connectivity index (χ4v) is 2.64. The van der Waals surface area contributed by atoms with Crippen molar-refractivity contribution in [1.82, 2.24) is 0 Å². The van der Waals surface area contributed by atoms with Crippen LogP contribution in [0.1, 0.15) is 19.3 Å². The maximum absolute atomic E-state index is 10.6. The lowest BCUT2D eigenvalue weighted by Crippen LogP contribution is -2.35. The summed E-state index contributed by atoms with van der Waals surface area (Å²) in [5.74, 6) is 0.0849. The molecule has 4 heteroatoms. The second kappa shape index (κ2) is 4.72. The Morgan fingerprint density at radius 1 is 1.50 bits per heavy atom. The predicted molar refractivity (Wildman–Crippen MR) is 48.3 cm³/mol. The van der Waals surface area contributed by atoms with Crippen LogP contribution < -0.4 is 0 Å². The molecule has 2 unspecified atom stereocenters. The van der Waals surface area contributed by atoms with Crippen molar-refractivity contribution >= 4 is 17.7 Å². The van der Waals surface area contributed by atoms with Crippen molar-refractivity contribution in [3.05, 3.63) is 0 Å².